The van der Waals surface area contributed by atoms with Crippen molar-refractivity contribution >= 4 is 32.7 Å². The van der Waals surface area contributed by atoms with Crippen LogP contribution in [0.25, 0.3) is 123 Å². The molecule has 0 atom stereocenters. The molecule has 0 saturated carbocycles. The zero-order valence-corrected chi connectivity index (χ0v) is 35.3. The van der Waals surface area contributed by atoms with Gasteiger partial charge in [0.15, 0.2) is 17.5 Å². The minimum Gasteiger partial charge on any atom is -0.455 e. The molecule has 2 aromatic heterocycles. The topological polar surface area (TPSA) is 51.8 Å². The van der Waals surface area contributed by atoms with Gasteiger partial charge in [0.05, 0.1) is 0 Å². The first-order valence-electron chi connectivity index (χ1n) is 21.9. The van der Waals surface area contributed by atoms with E-state index in [4.69, 9.17) is 19.4 Å². The number of hydrogen-bond donors (Lipinski definition) is 0. The zero-order chi connectivity index (χ0) is 43.1. The Kier molecular flexibility index (Phi) is 9.46. The molecule has 4 nitrogen and oxygen atoms in total. The van der Waals surface area contributed by atoms with Gasteiger partial charge in [0.1, 0.15) is 11.2 Å². The van der Waals surface area contributed by atoms with Crippen molar-refractivity contribution in [1.29, 1.82) is 0 Å². The van der Waals surface area contributed by atoms with E-state index in [0.29, 0.717) is 17.5 Å². The fraction of sp³-hybridized carbons (Fsp3) is 0. The molecule has 0 N–H and O–H groups in total. The lowest BCUT2D eigenvalue weighted by atomic mass is 9.97. The SMILES string of the molecule is c1ccc(-c2ccc(-c3ccc(-c4nc(-c5ccc6c(-c7ccccc7)cccc6c5)nc(-c5cccc6oc7c(-c8ccc(-c9ccccc9)cc8)cccc7c56)n4)cc3)cc2)cc1. The number of aromatic nitrogens is 3. The molecule has 0 spiro atoms. The van der Waals surface area contributed by atoms with Crippen LogP contribution in [0.2, 0.25) is 0 Å². The number of hydrogen-bond acceptors (Lipinski definition) is 4. The van der Waals surface area contributed by atoms with E-state index in [1.54, 1.807) is 0 Å². The first kappa shape index (κ1) is 38.0. The van der Waals surface area contributed by atoms with E-state index in [9.17, 15) is 0 Å². The van der Waals surface area contributed by atoms with E-state index in [1.165, 1.54) is 38.8 Å². The monoisotopic (exact) mass is 829 g/mol. The Bertz CT molecular complexity index is 3660. The van der Waals surface area contributed by atoms with Crippen molar-refractivity contribution in [3.63, 3.8) is 0 Å². The highest BCUT2D eigenvalue weighted by molar-refractivity contribution is 6.15. The fourth-order valence-electron chi connectivity index (χ4n) is 9.08. The van der Waals surface area contributed by atoms with Crippen LogP contribution < -0.4 is 0 Å². The number of benzene rings is 10. The molecule has 10 aromatic carbocycles. The second kappa shape index (κ2) is 16.2. The minimum absolute atomic E-state index is 0.578. The minimum atomic E-state index is 0.578. The lowest BCUT2D eigenvalue weighted by Gasteiger charge is -2.12. The largest absolute Gasteiger partial charge is 0.455 e. The molecule has 0 aliphatic heterocycles. The molecule has 0 bridgehead atoms. The Morgan fingerprint density at radius 3 is 1.31 bits per heavy atom. The molecule has 12 rings (SSSR count). The van der Waals surface area contributed by atoms with Crippen LogP contribution in [0.5, 0.6) is 0 Å². The molecule has 304 valence electrons. The summed E-state index contributed by atoms with van der Waals surface area (Å²) in [5.41, 5.74) is 15.8. The average molecular weight is 830 g/mol. The van der Waals surface area contributed by atoms with Crippen LogP contribution in [-0.2, 0) is 0 Å². The van der Waals surface area contributed by atoms with E-state index < -0.39 is 0 Å². The molecule has 65 heavy (non-hydrogen) atoms. The standard InChI is InChI=1S/C61H39N3O/c1-4-13-40(14-5-1)42-25-27-44(28-26-42)45-31-35-48(36-32-45)59-62-60(50-37-38-52-49(39-50)19-10-20-51(52)46-17-8-3-9-18-46)64-61(63-59)55-23-12-24-56-57(55)54-22-11-21-53(58(54)65-56)47-33-29-43(30-34-47)41-15-6-2-7-16-41/h1-39H. The molecule has 0 radical (unpaired) electrons. The van der Waals surface area contributed by atoms with Gasteiger partial charge in [0, 0.05) is 33.0 Å². The molecule has 0 fully saturated rings. The summed E-state index contributed by atoms with van der Waals surface area (Å²) >= 11 is 0. The van der Waals surface area contributed by atoms with Gasteiger partial charge in [-0.2, -0.15) is 0 Å². The highest BCUT2D eigenvalue weighted by Gasteiger charge is 2.20. The molecule has 0 aliphatic carbocycles. The quantitative estimate of drug-likeness (QED) is 0.153. The van der Waals surface area contributed by atoms with Gasteiger partial charge in [-0.25, -0.2) is 15.0 Å². The Morgan fingerprint density at radius 2 is 0.692 bits per heavy atom. The van der Waals surface area contributed by atoms with Crippen LogP contribution in [0.4, 0.5) is 0 Å². The van der Waals surface area contributed by atoms with Crippen molar-refractivity contribution < 1.29 is 4.42 Å². The molecular weight excluding hydrogens is 791 g/mol. The van der Waals surface area contributed by atoms with Gasteiger partial charge in [-0.15, -0.1) is 0 Å². The third kappa shape index (κ3) is 7.13. The van der Waals surface area contributed by atoms with Crippen LogP contribution in [0, 0.1) is 0 Å². The van der Waals surface area contributed by atoms with Gasteiger partial charge in [-0.3, -0.25) is 0 Å². The maximum atomic E-state index is 6.76. The normalized spacial score (nSPS) is 11.4. The van der Waals surface area contributed by atoms with E-state index >= 15 is 0 Å². The van der Waals surface area contributed by atoms with E-state index in [2.05, 4.69) is 212 Å². The second-order valence-electron chi connectivity index (χ2n) is 16.3. The highest BCUT2D eigenvalue weighted by atomic mass is 16.3. The van der Waals surface area contributed by atoms with Crippen molar-refractivity contribution in [1.82, 2.24) is 15.0 Å². The fourth-order valence-corrected chi connectivity index (χ4v) is 9.08. The molecule has 0 amide bonds. The Balaban J connectivity index is 0.977. The number of rotatable bonds is 8. The van der Waals surface area contributed by atoms with Gasteiger partial charge in [0.2, 0.25) is 0 Å². The van der Waals surface area contributed by atoms with Crippen LogP contribution in [-0.4, -0.2) is 15.0 Å². The summed E-state index contributed by atoms with van der Waals surface area (Å²) in [7, 11) is 0. The average Bonchev–Trinajstić information content (AvgIpc) is 3.79. The predicted molar refractivity (Wildman–Crippen MR) is 268 cm³/mol. The van der Waals surface area contributed by atoms with Gasteiger partial charge in [-0.05, 0) is 73.0 Å². The Morgan fingerprint density at radius 1 is 0.262 bits per heavy atom. The molecule has 2 heterocycles. The van der Waals surface area contributed by atoms with Crippen LogP contribution in [0.1, 0.15) is 0 Å². The second-order valence-corrected chi connectivity index (χ2v) is 16.3. The molecule has 0 unspecified atom stereocenters. The van der Waals surface area contributed by atoms with Gasteiger partial charge in [-0.1, -0.05) is 224 Å². The third-order valence-corrected chi connectivity index (χ3v) is 12.4. The lowest BCUT2D eigenvalue weighted by Crippen LogP contribution is -2.00. The Labute approximate surface area is 376 Å². The summed E-state index contributed by atoms with van der Waals surface area (Å²) in [5, 5.41) is 4.26. The lowest BCUT2D eigenvalue weighted by molar-refractivity contribution is 0.670. The number of fused-ring (bicyclic) bond motifs is 4. The molecular formula is C61H39N3O. The first-order valence-corrected chi connectivity index (χ1v) is 21.9. The van der Waals surface area contributed by atoms with Gasteiger partial charge < -0.3 is 4.42 Å². The van der Waals surface area contributed by atoms with Gasteiger partial charge in [0.25, 0.3) is 0 Å². The highest BCUT2D eigenvalue weighted by Crippen LogP contribution is 2.41. The number of furan rings is 1. The molecule has 12 aromatic rings. The number of para-hydroxylation sites is 1. The summed E-state index contributed by atoms with van der Waals surface area (Å²) in [6, 6.07) is 82.9. The van der Waals surface area contributed by atoms with Crippen molar-refractivity contribution in [2.24, 2.45) is 0 Å². The number of nitrogens with zero attached hydrogens (tertiary/aromatic N) is 3. The summed E-state index contributed by atoms with van der Waals surface area (Å²) in [5.74, 6) is 1.77. The summed E-state index contributed by atoms with van der Waals surface area (Å²) < 4.78 is 6.76. The maximum Gasteiger partial charge on any atom is 0.164 e. The van der Waals surface area contributed by atoms with E-state index in [0.717, 1.165) is 66.3 Å². The Hall–Kier alpha value is -8.73. The van der Waals surface area contributed by atoms with Crippen molar-refractivity contribution in [3.05, 3.63) is 237 Å². The van der Waals surface area contributed by atoms with Crippen LogP contribution >= 0.6 is 0 Å². The van der Waals surface area contributed by atoms with Crippen LogP contribution in [0.3, 0.4) is 0 Å². The van der Waals surface area contributed by atoms with E-state index in [-0.39, 0.29) is 0 Å². The van der Waals surface area contributed by atoms with Gasteiger partial charge >= 0.3 is 0 Å². The van der Waals surface area contributed by atoms with Crippen LogP contribution in [0.15, 0.2) is 241 Å². The van der Waals surface area contributed by atoms with Crippen molar-refractivity contribution in [2.45, 2.75) is 0 Å². The van der Waals surface area contributed by atoms with Crippen molar-refractivity contribution in [3.8, 4) is 89.8 Å². The smallest absolute Gasteiger partial charge is 0.164 e. The summed E-state index contributed by atoms with van der Waals surface area (Å²) in [6.07, 6.45) is 0. The summed E-state index contributed by atoms with van der Waals surface area (Å²) in [6.45, 7) is 0. The molecule has 4 heteroatoms. The van der Waals surface area contributed by atoms with E-state index in [1.807, 2.05) is 24.3 Å². The van der Waals surface area contributed by atoms with Crippen molar-refractivity contribution in [2.75, 3.05) is 0 Å². The predicted octanol–water partition coefficient (Wildman–Crippen LogP) is 16.3. The third-order valence-electron chi connectivity index (χ3n) is 12.4. The summed E-state index contributed by atoms with van der Waals surface area (Å²) in [4.78, 5) is 15.7. The first-order chi connectivity index (χ1) is 32.2. The molecule has 0 aliphatic rings. The maximum absolute atomic E-state index is 6.76. The molecule has 0 saturated heterocycles. The zero-order valence-electron chi connectivity index (χ0n) is 35.3.